The van der Waals surface area contributed by atoms with Gasteiger partial charge in [0.25, 0.3) is 5.91 Å². The number of para-hydroxylation sites is 1. The predicted octanol–water partition coefficient (Wildman–Crippen LogP) is 2.70. The molecule has 5 amide bonds. The summed E-state index contributed by atoms with van der Waals surface area (Å²) in [5, 5.41) is 11.7. The fraction of sp³-hybridized carbons (Fsp3) is 0.576. The Morgan fingerprint density at radius 1 is 1.09 bits per heavy atom. The number of thiazole rings is 1. The molecule has 0 unspecified atom stereocenters. The van der Waals surface area contributed by atoms with Crippen LogP contribution in [0.3, 0.4) is 0 Å². The SMILES string of the molecule is Cc1csc(CCCNC(=O)[C@@H]2CCC(=O)N(C)CCCC(=O)N(C)CC(=O)N[C@@H](CC(C)C)COc3ccccc3C(=O)N2)n1. The Kier molecular flexibility index (Phi) is 14.4. The highest BCUT2D eigenvalue weighted by Crippen LogP contribution is 2.20. The van der Waals surface area contributed by atoms with Crippen LogP contribution in [0.4, 0.5) is 0 Å². The number of fused-ring (bicyclic) bond motifs is 1. The van der Waals surface area contributed by atoms with Gasteiger partial charge in [0.15, 0.2) is 0 Å². The van der Waals surface area contributed by atoms with Crippen LogP contribution in [0, 0.1) is 12.8 Å². The number of nitrogens with zero attached hydrogens (tertiary/aromatic N) is 3. The Labute approximate surface area is 275 Å². The molecular weight excluding hydrogens is 608 g/mol. The molecule has 0 bridgehead atoms. The average molecular weight is 657 g/mol. The number of hydrogen-bond acceptors (Lipinski definition) is 8. The molecule has 2 atom stereocenters. The van der Waals surface area contributed by atoms with E-state index in [2.05, 4.69) is 20.9 Å². The van der Waals surface area contributed by atoms with Crippen LogP contribution < -0.4 is 20.7 Å². The topological polar surface area (TPSA) is 150 Å². The molecule has 0 saturated heterocycles. The highest BCUT2D eigenvalue weighted by atomic mass is 32.1. The van der Waals surface area contributed by atoms with Crippen molar-refractivity contribution in [3.05, 3.63) is 45.9 Å². The highest BCUT2D eigenvalue weighted by molar-refractivity contribution is 7.09. The summed E-state index contributed by atoms with van der Waals surface area (Å²) in [5.74, 6) is -1.04. The first-order chi connectivity index (χ1) is 21.9. The van der Waals surface area contributed by atoms with E-state index in [0.717, 1.165) is 17.1 Å². The lowest BCUT2D eigenvalue weighted by molar-refractivity contribution is -0.135. The normalized spacial score (nSPS) is 19.6. The number of amides is 5. The third-order valence-electron chi connectivity index (χ3n) is 7.61. The Balaban J connectivity index is 1.79. The lowest BCUT2D eigenvalue weighted by Crippen LogP contribution is -2.48. The second-order valence-corrected chi connectivity index (χ2v) is 13.2. The maximum absolute atomic E-state index is 13.6. The van der Waals surface area contributed by atoms with Crippen LogP contribution in [-0.4, -0.2) is 96.7 Å². The van der Waals surface area contributed by atoms with Crippen molar-refractivity contribution in [2.24, 2.45) is 5.92 Å². The van der Waals surface area contributed by atoms with Crippen molar-refractivity contribution in [2.75, 3.05) is 40.3 Å². The summed E-state index contributed by atoms with van der Waals surface area (Å²) in [4.78, 5) is 72.7. The molecule has 2 heterocycles. The van der Waals surface area contributed by atoms with E-state index in [1.807, 2.05) is 26.2 Å². The quantitative estimate of drug-likeness (QED) is 0.388. The predicted molar refractivity (Wildman–Crippen MR) is 177 cm³/mol. The lowest BCUT2D eigenvalue weighted by Gasteiger charge is -2.25. The molecule has 1 aliphatic rings. The van der Waals surface area contributed by atoms with Crippen molar-refractivity contribution in [3.8, 4) is 5.75 Å². The van der Waals surface area contributed by atoms with Gasteiger partial charge in [-0.15, -0.1) is 11.3 Å². The largest absolute Gasteiger partial charge is 0.491 e. The molecule has 3 N–H and O–H groups in total. The molecule has 46 heavy (non-hydrogen) atoms. The van der Waals surface area contributed by atoms with E-state index in [1.54, 1.807) is 49.7 Å². The molecule has 13 heteroatoms. The first-order valence-electron chi connectivity index (χ1n) is 15.9. The van der Waals surface area contributed by atoms with E-state index >= 15 is 0 Å². The summed E-state index contributed by atoms with van der Waals surface area (Å²) in [5.41, 5.74) is 1.20. The van der Waals surface area contributed by atoms with Crippen LogP contribution >= 0.6 is 11.3 Å². The lowest BCUT2D eigenvalue weighted by atomic mass is 10.0. The van der Waals surface area contributed by atoms with Crippen molar-refractivity contribution in [2.45, 2.75) is 77.8 Å². The second kappa shape index (κ2) is 18.2. The van der Waals surface area contributed by atoms with E-state index in [9.17, 15) is 24.0 Å². The monoisotopic (exact) mass is 656 g/mol. The molecule has 0 spiro atoms. The van der Waals surface area contributed by atoms with Gasteiger partial charge in [-0.2, -0.15) is 0 Å². The summed E-state index contributed by atoms with van der Waals surface area (Å²) in [7, 11) is 3.23. The molecular formula is C33H48N6O6S. The minimum atomic E-state index is -0.964. The Morgan fingerprint density at radius 2 is 1.83 bits per heavy atom. The third kappa shape index (κ3) is 12.1. The molecule has 0 saturated carbocycles. The van der Waals surface area contributed by atoms with Gasteiger partial charge in [0.2, 0.25) is 23.6 Å². The van der Waals surface area contributed by atoms with Crippen LogP contribution in [0.1, 0.15) is 73.4 Å². The van der Waals surface area contributed by atoms with E-state index in [1.165, 1.54) is 9.80 Å². The molecule has 1 aromatic carbocycles. The number of nitrogens with one attached hydrogen (secondary N) is 3. The minimum Gasteiger partial charge on any atom is -0.491 e. The number of carbonyl (C=O) groups excluding carboxylic acids is 5. The standard InChI is InChI=1S/C33H48N6O6S/c1-22(2)18-24-20-45-27-11-7-6-10-25(27)32(43)37-26(33(44)34-16-8-12-29-35-23(3)21-46-29)14-15-31(42)38(4)17-9-13-30(41)39(5)19-28(40)36-24/h6-7,10-11,21-22,24,26H,8-9,12-20H2,1-5H3,(H,34,44)(H,36,40)(H,37,43)/t24-,26-/m0/s1. The van der Waals surface area contributed by atoms with Gasteiger partial charge in [0, 0.05) is 57.5 Å². The molecule has 0 aliphatic carbocycles. The summed E-state index contributed by atoms with van der Waals surface area (Å²) < 4.78 is 6.08. The minimum absolute atomic E-state index is 0.0241. The highest BCUT2D eigenvalue weighted by Gasteiger charge is 2.26. The zero-order chi connectivity index (χ0) is 33.6. The number of rotatable bonds is 7. The van der Waals surface area contributed by atoms with Crippen LogP contribution in [0.15, 0.2) is 29.6 Å². The summed E-state index contributed by atoms with van der Waals surface area (Å²) in [6.45, 7) is 6.74. The number of ether oxygens (including phenoxy) is 1. The van der Waals surface area contributed by atoms with E-state index in [4.69, 9.17) is 4.74 Å². The van der Waals surface area contributed by atoms with Crippen LogP contribution in [0.2, 0.25) is 0 Å². The summed E-state index contributed by atoms with van der Waals surface area (Å²) >= 11 is 1.58. The number of aryl methyl sites for hydroxylation is 2. The molecule has 1 aromatic heterocycles. The zero-order valence-electron chi connectivity index (χ0n) is 27.6. The third-order valence-corrected chi connectivity index (χ3v) is 8.64. The number of benzene rings is 1. The second-order valence-electron chi connectivity index (χ2n) is 12.2. The summed E-state index contributed by atoms with van der Waals surface area (Å²) in [6.07, 6.45) is 2.75. The molecule has 12 nitrogen and oxygen atoms in total. The molecule has 1 aliphatic heterocycles. The molecule has 0 radical (unpaired) electrons. The zero-order valence-corrected chi connectivity index (χ0v) is 28.4. The summed E-state index contributed by atoms with van der Waals surface area (Å²) in [6, 6.07) is 5.39. The van der Waals surface area contributed by atoms with Crippen LogP contribution in [0.5, 0.6) is 5.75 Å². The fourth-order valence-corrected chi connectivity index (χ4v) is 5.94. The van der Waals surface area contributed by atoms with Crippen LogP contribution in [0.25, 0.3) is 0 Å². The van der Waals surface area contributed by atoms with Crippen molar-refractivity contribution < 1.29 is 28.7 Å². The molecule has 3 rings (SSSR count). The van der Waals surface area contributed by atoms with Crippen molar-refractivity contribution in [3.63, 3.8) is 0 Å². The Bertz CT molecular complexity index is 1350. The Hall–Kier alpha value is -4.00. The van der Waals surface area contributed by atoms with E-state index in [0.29, 0.717) is 38.1 Å². The van der Waals surface area contributed by atoms with Gasteiger partial charge in [-0.05, 0) is 50.7 Å². The van der Waals surface area contributed by atoms with Gasteiger partial charge in [0.05, 0.1) is 23.2 Å². The van der Waals surface area contributed by atoms with E-state index in [-0.39, 0.29) is 73.6 Å². The smallest absolute Gasteiger partial charge is 0.255 e. The number of hydrogen-bond donors (Lipinski definition) is 3. The van der Waals surface area contributed by atoms with Gasteiger partial charge in [-0.3, -0.25) is 24.0 Å². The molecule has 252 valence electrons. The first-order valence-corrected chi connectivity index (χ1v) is 16.8. The van der Waals surface area contributed by atoms with Crippen LogP contribution in [-0.2, 0) is 25.6 Å². The fourth-order valence-electron chi connectivity index (χ4n) is 5.12. The van der Waals surface area contributed by atoms with Crippen molar-refractivity contribution in [1.29, 1.82) is 0 Å². The first kappa shape index (κ1) is 36.5. The maximum Gasteiger partial charge on any atom is 0.255 e. The van der Waals surface area contributed by atoms with E-state index < -0.39 is 11.9 Å². The molecule has 0 fully saturated rings. The number of carbonyl (C=O) groups is 5. The maximum atomic E-state index is 13.6. The van der Waals surface area contributed by atoms with Gasteiger partial charge < -0.3 is 30.5 Å². The number of aromatic nitrogens is 1. The molecule has 2 aromatic rings. The van der Waals surface area contributed by atoms with Crippen molar-refractivity contribution >= 4 is 40.9 Å². The number of likely N-dealkylation sites (N-methyl/N-ethyl adjacent to an activating group) is 1. The van der Waals surface area contributed by atoms with Gasteiger partial charge >= 0.3 is 0 Å². The Morgan fingerprint density at radius 3 is 2.54 bits per heavy atom. The van der Waals surface area contributed by atoms with Gasteiger partial charge in [-0.1, -0.05) is 26.0 Å². The van der Waals surface area contributed by atoms with Crippen molar-refractivity contribution in [1.82, 2.24) is 30.7 Å². The van der Waals surface area contributed by atoms with Gasteiger partial charge in [-0.25, -0.2) is 4.98 Å². The van der Waals surface area contributed by atoms with Gasteiger partial charge in [0.1, 0.15) is 18.4 Å². The average Bonchev–Trinajstić information content (AvgIpc) is 3.43.